The van der Waals surface area contributed by atoms with Gasteiger partial charge in [0.1, 0.15) is 5.54 Å². The molecule has 0 aromatic heterocycles. The van der Waals surface area contributed by atoms with Gasteiger partial charge in [-0.05, 0) is 56.2 Å². The normalized spacial score (nSPS) is 29.2. The minimum absolute atomic E-state index is 0.130. The Labute approximate surface area is 153 Å². The lowest BCUT2D eigenvalue weighted by Crippen LogP contribution is -2.40. The predicted octanol–water partition coefficient (Wildman–Crippen LogP) is 2.89. The molecule has 2 aliphatic carbocycles. The van der Waals surface area contributed by atoms with E-state index >= 15 is 0 Å². The van der Waals surface area contributed by atoms with Gasteiger partial charge in [-0.3, -0.25) is 14.5 Å². The summed E-state index contributed by atoms with van der Waals surface area (Å²) in [5.41, 5.74) is 0.760. The van der Waals surface area contributed by atoms with E-state index in [1.165, 1.54) is 30.6 Å². The van der Waals surface area contributed by atoms with Gasteiger partial charge in [-0.25, -0.2) is 4.79 Å². The number of imide groups is 1. The predicted molar refractivity (Wildman–Crippen MR) is 97.2 cm³/mol. The molecule has 2 saturated carbocycles. The Kier molecular flexibility index (Phi) is 4.01. The van der Waals surface area contributed by atoms with E-state index in [2.05, 4.69) is 10.6 Å². The van der Waals surface area contributed by atoms with Crippen molar-refractivity contribution >= 4 is 23.5 Å². The molecule has 1 aromatic carbocycles. The first kappa shape index (κ1) is 17.1. The summed E-state index contributed by atoms with van der Waals surface area (Å²) in [6.45, 7) is 3.62. The molecule has 0 bridgehead atoms. The van der Waals surface area contributed by atoms with Crippen LogP contribution in [0, 0.1) is 17.8 Å². The summed E-state index contributed by atoms with van der Waals surface area (Å²) in [6.07, 6.45) is 4.87. The zero-order valence-corrected chi connectivity index (χ0v) is 15.2. The largest absolute Gasteiger partial charge is 0.326 e. The highest BCUT2D eigenvalue weighted by Gasteiger charge is 2.54. The van der Waals surface area contributed by atoms with E-state index < -0.39 is 5.54 Å². The van der Waals surface area contributed by atoms with Crippen molar-refractivity contribution in [2.24, 2.45) is 17.8 Å². The lowest BCUT2D eigenvalue weighted by atomic mass is 10.0. The van der Waals surface area contributed by atoms with Gasteiger partial charge in [0.25, 0.3) is 5.91 Å². The van der Waals surface area contributed by atoms with Gasteiger partial charge in [0.05, 0.1) is 6.54 Å². The zero-order valence-electron chi connectivity index (χ0n) is 15.2. The molecule has 1 aromatic rings. The van der Waals surface area contributed by atoms with Gasteiger partial charge in [0.15, 0.2) is 0 Å². The van der Waals surface area contributed by atoms with Crippen LogP contribution in [-0.2, 0) is 16.1 Å². The Morgan fingerprint density at radius 2 is 1.77 bits per heavy atom. The Morgan fingerprint density at radius 1 is 1.15 bits per heavy atom. The molecule has 26 heavy (non-hydrogen) atoms. The molecule has 6 nitrogen and oxygen atoms in total. The number of anilines is 1. The van der Waals surface area contributed by atoms with Gasteiger partial charge in [0, 0.05) is 11.6 Å². The molecule has 6 heteroatoms. The van der Waals surface area contributed by atoms with E-state index in [0.717, 1.165) is 11.3 Å². The van der Waals surface area contributed by atoms with Gasteiger partial charge >= 0.3 is 6.03 Å². The highest BCUT2D eigenvalue weighted by molar-refractivity contribution is 6.06. The number of hydrogen-bond donors (Lipinski definition) is 2. The Bertz CT molecular complexity index is 744. The number of hydrogen-bond acceptors (Lipinski definition) is 3. The lowest BCUT2D eigenvalue weighted by molar-refractivity contribution is -0.130. The molecule has 0 spiro atoms. The summed E-state index contributed by atoms with van der Waals surface area (Å²) in [5, 5.41) is 5.69. The van der Waals surface area contributed by atoms with Crippen LogP contribution < -0.4 is 10.6 Å². The monoisotopic (exact) mass is 355 g/mol. The standard InChI is InChI=1S/C20H25N3O3/c1-20(2)18(25)23(19(26)22-20)11-12-7-9-13(10-8-12)21-17(24)16-14-5-3-4-6-15(14)16/h7-10,14-16H,3-6,11H2,1-2H3,(H,21,24)(H,22,26)/t14-,15-/m1/s1. The van der Waals surface area contributed by atoms with Crippen molar-refractivity contribution < 1.29 is 14.4 Å². The molecule has 4 amide bonds. The fourth-order valence-corrected chi connectivity index (χ4v) is 4.44. The molecule has 2 N–H and O–H groups in total. The topological polar surface area (TPSA) is 78.5 Å². The maximum atomic E-state index is 12.4. The number of urea groups is 1. The van der Waals surface area contributed by atoms with Crippen molar-refractivity contribution in [3.63, 3.8) is 0 Å². The van der Waals surface area contributed by atoms with Crippen LogP contribution in [-0.4, -0.2) is 28.3 Å². The van der Waals surface area contributed by atoms with Crippen molar-refractivity contribution in [1.82, 2.24) is 10.2 Å². The minimum Gasteiger partial charge on any atom is -0.326 e. The van der Waals surface area contributed by atoms with Gasteiger partial charge in [-0.1, -0.05) is 25.0 Å². The van der Waals surface area contributed by atoms with E-state index in [1.54, 1.807) is 13.8 Å². The fourth-order valence-electron chi connectivity index (χ4n) is 4.44. The third-order valence-corrected chi connectivity index (χ3v) is 5.97. The van der Waals surface area contributed by atoms with Gasteiger partial charge < -0.3 is 10.6 Å². The Balaban J connectivity index is 1.36. The van der Waals surface area contributed by atoms with Crippen molar-refractivity contribution in [2.75, 3.05) is 5.32 Å². The quantitative estimate of drug-likeness (QED) is 0.815. The summed E-state index contributed by atoms with van der Waals surface area (Å²) in [6, 6.07) is 7.00. The molecule has 1 aliphatic heterocycles. The van der Waals surface area contributed by atoms with E-state index in [-0.39, 0.29) is 30.3 Å². The maximum Gasteiger partial charge on any atom is 0.325 e. The molecular formula is C20H25N3O3. The summed E-state index contributed by atoms with van der Waals surface area (Å²) < 4.78 is 0. The molecule has 3 fully saturated rings. The van der Waals surface area contributed by atoms with Gasteiger partial charge in [-0.15, -0.1) is 0 Å². The average molecular weight is 355 g/mol. The number of carbonyl (C=O) groups excluding carboxylic acids is 3. The number of benzene rings is 1. The van der Waals surface area contributed by atoms with Gasteiger partial charge in [-0.2, -0.15) is 0 Å². The van der Waals surface area contributed by atoms with Gasteiger partial charge in [0.2, 0.25) is 5.91 Å². The van der Waals surface area contributed by atoms with Crippen LogP contribution in [0.25, 0.3) is 0 Å². The molecule has 3 aliphatic rings. The smallest absolute Gasteiger partial charge is 0.325 e. The molecule has 0 radical (unpaired) electrons. The van der Waals surface area contributed by atoms with E-state index in [4.69, 9.17) is 0 Å². The molecular weight excluding hydrogens is 330 g/mol. The van der Waals surface area contributed by atoms with Crippen LogP contribution in [0.2, 0.25) is 0 Å². The van der Waals surface area contributed by atoms with E-state index in [1.807, 2.05) is 24.3 Å². The second kappa shape index (κ2) is 6.11. The van der Waals surface area contributed by atoms with Crippen molar-refractivity contribution in [3.05, 3.63) is 29.8 Å². The number of carbonyl (C=O) groups is 3. The molecule has 0 unspecified atom stereocenters. The first-order chi connectivity index (χ1) is 12.4. The number of fused-ring (bicyclic) bond motifs is 1. The lowest BCUT2D eigenvalue weighted by Gasteiger charge is -2.16. The van der Waals surface area contributed by atoms with Crippen molar-refractivity contribution in [1.29, 1.82) is 0 Å². The number of nitrogens with one attached hydrogen (secondary N) is 2. The average Bonchev–Trinajstić information content (AvgIpc) is 3.30. The van der Waals surface area contributed by atoms with Crippen LogP contribution in [0.4, 0.5) is 10.5 Å². The fraction of sp³-hybridized carbons (Fsp3) is 0.550. The van der Waals surface area contributed by atoms with Crippen LogP contribution in [0.15, 0.2) is 24.3 Å². The van der Waals surface area contributed by atoms with E-state index in [9.17, 15) is 14.4 Å². The Morgan fingerprint density at radius 3 is 2.31 bits per heavy atom. The second-order valence-corrected chi connectivity index (χ2v) is 8.27. The molecule has 1 heterocycles. The SMILES string of the molecule is CC1(C)NC(=O)N(Cc2ccc(NC(=O)C3[C@@H]4CCCC[C@@H]34)cc2)C1=O. The molecule has 4 rings (SSSR count). The van der Waals surface area contributed by atoms with Crippen LogP contribution in [0.3, 0.4) is 0 Å². The Hall–Kier alpha value is -2.37. The summed E-state index contributed by atoms with van der Waals surface area (Å²) in [5.74, 6) is 1.27. The van der Waals surface area contributed by atoms with Crippen molar-refractivity contribution in [2.45, 2.75) is 51.6 Å². The van der Waals surface area contributed by atoms with E-state index in [0.29, 0.717) is 11.8 Å². The second-order valence-electron chi connectivity index (χ2n) is 8.27. The first-order valence-corrected chi connectivity index (χ1v) is 9.41. The minimum atomic E-state index is -0.855. The van der Waals surface area contributed by atoms with Crippen LogP contribution in [0.1, 0.15) is 45.1 Å². The summed E-state index contributed by atoms with van der Waals surface area (Å²) >= 11 is 0. The third-order valence-electron chi connectivity index (χ3n) is 5.97. The number of rotatable bonds is 4. The zero-order chi connectivity index (χ0) is 18.5. The summed E-state index contributed by atoms with van der Waals surface area (Å²) in [4.78, 5) is 37.9. The van der Waals surface area contributed by atoms with Crippen molar-refractivity contribution in [3.8, 4) is 0 Å². The summed E-state index contributed by atoms with van der Waals surface area (Å²) in [7, 11) is 0. The molecule has 1 saturated heterocycles. The first-order valence-electron chi connectivity index (χ1n) is 9.41. The number of nitrogens with zero attached hydrogens (tertiary/aromatic N) is 1. The highest BCUT2D eigenvalue weighted by Crippen LogP contribution is 2.55. The molecule has 138 valence electrons. The third kappa shape index (κ3) is 2.97. The van der Waals surface area contributed by atoms with Crippen LogP contribution >= 0.6 is 0 Å². The number of amides is 4. The maximum absolute atomic E-state index is 12.4. The van der Waals surface area contributed by atoms with Crippen LogP contribution in [0.5, 0.6) is 0 Å². The molecule has 2 atom stereocenters. The highest BCUT2D eigenvalue weighted by atomic mass is 16.2.